The van der Waals surface area contributed by atoms with Gasteiger partial charge >= 0.3 is 8.03 Å². The number of rotatable bonds is 7. The highest BCUT2D eigenvalue weighted by atomic mass is 31.1. The van der Waals surface area contributed by atoms with Crippen LogP contribution in [0, 0.1) is 19.7 Å². The fraction of sp³-hybridized carbons (Fsp3) is 0.250. The summed E-state index contributed by atoms with van der Waals surface area (Å²) in [6.07, 6.45) is 2.14. The summed E-state index contributed by atoms with van der Waals surface area (Å²) in [6, 6.07) is 16.1. The van der Waals surface area contributed by atoms with Crippen molar-refractivity contribution in [1.29, 1.82) is 0 Å². The quantitative estimate of drug-likeness (QED) is 0.497. The van der Waals surface area contributed by atoms with Crippen LogP contribution in [-0.4, -0.2) is 16.2 Å². The topological polar surface area (TPSA) is 57.5 Å². The molecule has 0 radical (unpaired) electrons. The van der Waals surface area contributed by atoms with Crippen molar-refractivity contribution in [3.8, 4) is 5.75 Å². The van der Waals surface area contributed by atoms with Gasteiger partial charge in [-0.05, 0) is 82.0 Å². The Bertz CT molecular complexity index is 1010. The van der Waals surface area contributed by atoms with Gasteiger partial charge in [-0.2, -0.15) is 4.89 Å². The highest BCUT2D eigenvalue weighted by molar-refractivity contribution is 7.37. The molecule has 0 aliphatic carbocycles. The molecule has 0 saturated carbocycles. The molecule has 3 nitrogen and oxygen atoms in total. The number of aryl methyl sites for hydroxylation is 3. The molecule has 3 aromatic rings. The van der Waals surface area contributed by atoms with Crippen molar-refractivity contribution in [2.75, 3.05) is 6.16 Å². The molecule has 2 N–H and O–H groups in total. The maximum atomic E-state index is 13.1. The van der Waals surface area contributed by atoms with Crippen molar-refractivity contribution in [1.82, 2.24) is 0 Å². The lowest BCUT2D eigenvalue weighted by Gasteiger charge is -2.14. The van der Waals surface area contributed by atoms with E-state index in [1.54, 1.807) is 18.2 Å². The first kappa shape index (κ1) is 21.2. The van der Waals surface area contributed by atoms with Gasteiger partial charge in [0.05, 0.1) is 0 Å². The minimum Gasteiger partial charge on any atom is -0.508 e. The van der Waals surface area contributed by atoms with Gasteiger partial charge in [0.25, 0.3) is 0 Å². The summed E-state index contributed by atoms with van der Waals surface area (Å²) in [7, 11) is -2.12. The first-order valence-electron chi connectivity index (χ1n) is 9.59. The van der Waals surface area contributed by atoms with Crippen LogP contribution in [-0.2, 0) is 23.8 Å². The summed E-state index contributed by atoms with van der Waals surface area (Å²) in [5.41, 5.74) is 7.45. The predicted octanol–water partition coefficient (Wildman–Crippen LogP) is 5.61. The molecule has 0 amide bonds. The van der Waals surface area contributed by atoms with E-state index in [2.05, 4.69) is 26.0 Å². The van der Waals surface area contributed by atoms with E-state index >= 15 is 0 Å². The summed E-state index contributed by atoms with van der Waals surface area (Å²) >= 11 is 0. The summed E-state index contributed by atoms with van der Waals surface area (Å²) in [6.45, 7) is 4.12. The van der Waals surface area contributed by atoms with E-state index in [0.717, 1.165) is 39.8 Å². The van der Waals surface area contributed by atoms with Gasteiger partial charge in [0, 0.05) is 12.8 Å². The Morgan fingerprint density at radius 2 is 1.48 bits per heavy atom. The normalized spacial score (nSPS) is 11.5. The Balaban J connectivity index is 1.81. The average molecular weight is 411 g/mol. The molecule has 0 aliphatic heterocycles. The minimum absolute atomic E-state index is 0.236. The van der Waals surface area contributed by atoms with E-state index < -0.39 is 8.03 Å². The molecular weight excluding hydrogens is 386 g/mol. The maximum absolute atomic E-state index is 13.1. The molecule has 0 aromatic heterocycles. The monoisotopic (exact) mass is 411 g/mol. The zero-order valence-corrected chi connectivity index (χ0v) is 17.5. The average Bonchev–Trinajstić information content (AvgIpc) is 2.67. The Labute approximate surface area is 171 Å². The van der Waals surface area contributed by atoms with E-state index in [1.807, 2.05) is 12.1 Å². The van der Waals surface area contributed by atoms with Crippen LogP contribution in [0.3, 0.4) is 0 Å². The Morgan fingerprint density at radius 3 is 2.10 bits per heavy atom. The Morgan fingerprint density at radius 1 is 0.862 bits per heavy atom. The van der Waals surface area contributed by atoms with Gasteiger partial charge in [-0.25, -0.2) is 4.39 Å². The summed E-state index contributed by atoms with van der Waals surface area (Å²) in [5, 5.41) is 10.2. The molecule has 3 aromatic carbocycles. The molecule has 5 heteroatoms. The van der Waals surface area contributed by atoms with Crippen LogP contribution in [0.15, 0.2) is 54.6 Å². The van der Waals surface area contributed by atoms with Crippen LogP contribution >= 0.6 is 8.03 Å². The highest BCUT2D eigenvalue weighted by Gasteiger charge is 2.13. The third-order valence-electron chi connectivity index (χ3n) is 5.18. The van der Waals surface area contributed by atoms with Gasteiger partial charge in [-0.1, -0.05) is 36.4 Å². The van der Waals surface area contributed by atoms with Crippen molar-refractivity contribution in [3.05, 3.63) is 99.4 Å². The van der Waals surface area contributed by atoms with E-state index in [9.17, 15) is 14.1 Å². The third kappa shape index (κ3) is 5.72. The molecule has 0 aliphatic rings. The third-order valence-corrected chi connectivity index (χ3v) is 5.79. The van der Waals surface area contributed by atoms with Gasteiger partial charge < -0.3 is 5.11 Å². The van der Waals surface area contributed by atoms with Crippen molar-refractivity contribution in [2.24, 2.45) is 0 Å². The fourth-order valence-corrected chi connectivity index (χ4v) is 4.10. The van der Waals surface area contributed by atoms with Crippen LogP contribution in [0.25, 0.3) is 0 Å². The lowest BCUT2D eigenvalue weighted by molar-refractivity contribution is 0.469. The number of benzene rings is 3. The van der Waals surface area contributed by atoms with Gasteiger partial charge in [0.1, 0.15) is 11.6 Å². The molecule has 1 atom stereocenters. The lowest BCUT2D eigenvalue weighted by Crippen LogP contribution is -2.00. The van der Waals surface area contributed by atoms with E-state index in [1.165, 1.54) is 17.7 Å². The number of aromatic hydroxyl groups is 1. The minimum atomic E-state index is -2.12. The molecular formula is C24H25FO3P+. The molecule has 1 unspecified atom stereocenters. The first-order valence-corrected chi connectivity index (χ1v) is 11.0. The number of hydrogen-bond donors (Lipinski definition) is 2. The second kappa shape index (κ2) is 9.30. The van der Waals surface area contributed by atoms with E-state index in [0.29, 0.717) is 12.8 Å². The summed E-state index contributed by atoms with van der Waals surface area (Å²) < 4.78 is 24.1. The standard InChI is InChI=1S/C24H24FO3P/c1-16-11-20(9-10-29(27)28)12-17(2)23(16)15-19-5-8-24(26)21(14-19)13-18-3-6-22(25)7-4-18/h3-8,11-12,14H,9-10,13,15H2,1-2H3,(H-,26,27,28)/p+1. The highest BCUT2D eigenvalue weighted by Crippen LogP contribution is 2.26. The number of hydrogen-bond acceptors (Lipinski definition) is 2. The van der Waals surface area contributed by atoms with Gasteiger partial charge in [0.2, 0.25) is 0 Å². The van der Waals surface area contributed by atoms with Gasteiger partial charge in [-0.15, -0.1) is 0 Å². The smallest absolute Gasteiger partial charge is 0.505 e. The van der Waals surface area contributed by atoms with E-state index in [-0.39, 0.29) is 17.7 Å². The first-order chi connectivity index (χ1) is 13.8. The second-order valence-electron chi connectivity index (χ2n) is 7.48. The fourth-order valence-electron chi connectivity index (χ4n) is 3.65. The van der Waals surface area contributed by atoms with Crippen molar-refractivity contribution in [3.63, 3.8) is 0 Å². The van der Waals surface area contributed by atoms with Gasteiger partial charge in [-0.3, -0.25) is 0 Å². The zero-order chi connectivity index (χ0) is 21.0. The summed E-state index contributed by atoms with van der Waals surface area (Å²) in [5.74, 6) is -0.0352. The molecule has 29 heavy (non-hydrogen) atoms. The second-order valence-corrected chi connectivity index (χ2v) is 8.63. The van der Waals surface area contributed by atoms with Crippen molar-refractivity contribution < 1.29 is 19.0 Å². The van der Waals surface area contributed by atoms with Crippen LogP contribution in [0.5, 0.6) is 5.75 Å². The van der Waals surface area contributed by atoms with E-state index in [4.69, 9.17) is 4.89 Å². The van der Waals surface area contributed by atoms with Crippen molar-refractivity contribution >= 4 is 8.03 Å². The molecule has 0 saturated heterocycles. The SMILES string of the molecule is Cc1cc(CC[P+](=O)O)cc(C)c1Cc1ccc(O)c(Cc2ccc(F)cc2)c1. The Hall–Kier alpha value is -2.55. The number of phenolic OH excluding ortho intramolecular Hbond substituents is 1. The molecule has 0 spiro atoms. The predicted molar refractivity (Wildman–Crippen MR) is 114 cm³/mol. The molecule has 0 fully saturated rings. The maximum Gasteiger partial charge on any atom is 0.505 e. The number of phenols is 1. The lowest BCUT2D eigenvalue weighted by atomic mass is 9.92. The molecule has 0 bridgehead atoms. The molecule has 150 valence electrons. The van der Waals surface area contributed by atoms with Crippen LogP contribution < -0.4 is 0 Å². The van der Waals surface area contributed by atoms with Crippen LogP contribution in [0.1, 0.15) is 38.9 Å². The summed E-state index contributed by atoms with van der Waals surface area (Å²) in [4.78, 5) is 9.04. The molecule has 3 rings (SSSR count). The van der Waals surface area contributed by atoms with Crippen LogP contribution in [0.4, 0.5) is 4.39 Å². The molecule has 0 heterocycles. The van der Waals surface area contributed by atoms with Gasteiger partial charge in [0.15, 0.2) is 6.16 Å². The largest absolute Gasteiger partial charge is 0.508 e. The van der Waals surface area contributed by atoms with Crippen molar-refractivity contribution in [2.45, 2.75) is 33.1 Å². The Kier molecular flexibility index (Phi) is 6.79. The van der Waals surface area contributed by atoms with Crippen LogP contribution in [0.2, 0.25) is 0 Å². The number of halogens is 1. The zero-order valence-electron chi connectivity index (χ0n) is 16.7.